The van der Waals surface area contributed by atoms with Crippen LogP contribution in [0.3, 0.4) is 0 Å². The van der Waals surface area contributed by atoms with E-state index in [-0.39, 0.29) is 0 Å². The van der Waals surface area contributed by atoms with E-state index in [1.165, 1.54) is 0 Å². The van der Waals surface area contributed by atoms with Crippen LogP contribution >= 0.6 is 11.6 Å². The molecule has 0 spiro atoms. The van der Waals surface area contributed by atoms with E-state index in [9.17, 15) is 0 Å². The molecule has 1 aromatic heterocycles. The number of benzene rings is 1. The lowest BCUT2D eigenvalue weighted by atomic mass is 10.1. The van der Waals surface area contributed by atoms with Crippen LogP contribution in [0.2, 0.25) is 5.02 Å². The topological polar surface area (TPSA) is 39.1 Å². The summed E-state index contributed by atoms with van der Waals surface area (Å²) in [7, 11) is 1.66. The van der Waals surface area contributed by atoms with Gasteiger partial charge in [-0.15, -0.1) is 0 Å². The summed E-state index contributed by atoms with van der Waals surface area (Å²) >= 11 is 6.07. The van der Waals surface area contributed by atoms with Gasteiger partial charge in [-0.05, 0) is 24.6 Å². The van der Waals surface area contributed by atoms with Gasteiger partial charge in [-0.2, -0.15) is 5.10 Å². The quantitative estimate of drug-likeness (QED) is 0.905. The van der Waals surface area contributed by atoms with E-state index < -0.39 is 0 Å². The average Bonchev–Trinajstić information content (AvgIpc) is 2.82. The van der Waals surface area contributed by atoms with Crippen LogP contribution in [0, 0.1) is 0 Å². The minimum Gasteiger partial charge on any atom is -0.496 e. The average molecular weight is 264 g/mol. The maximum absolute atomic E-state index is 6.07. The summed E-state index contributed by atoms with van der Waals surface area (Å²) in [5.41, 5.74) is 2.01. The van der Waals surface area contributed by atoms with Crippen molar-refractivity contribution >= 4 is 17.4 Å². The number of aromatic nitrogens is 2. The Bertz CT molecular complexity index is 580. The van der Waals surface area contributed by atoms with E-state index in [0.717, 1.165) is 42.2 Å². The molecule has 3 rings (SSSR count). The van der Waals surface area contributed by atoms with Gasteiger partial charge in [-0.3, -0.25) is 0 Å². The highest BCUT2D eigenvalue weighted by Crippen LogP contribution is 2.37. The van der Waals surface area contributed by atoms with E-state index in [2.05, 4.69) is 10.4 Å². The molecule has 4 nitrogen and oxygen atoms in total. The van der Waals surface area contributed by atoms with Gasteiger partial charge < -0.3 is 10.1 Å². The molecule has 2 heterocycles. The predicted molar refractivity (Wildman–Crippen MR) is 72.3 cm³/mol. The SMILES string of the molecule is COc1ccc(Cl)cc1-c1cnn2c1NCCC2. The Labute approximate surface area is 111 Å². The monoisotopic (exact) mass is 263 g/mol. The van der Waals surface area contributed by atoms with Gasteiger partial charge in [0.1, 0.15) is 11.6 Å². The molecule has 0 saturated carbocycles. The molecule has 0 amide bonds. The third-order valence-corrected chi connectivity index (χ3v) is 3.37. The van der Waals surface area contributed by atoms with E-state index in [4.69, 9.17) is 16.3 Å². The van der Waals surface area contributed by atoms with Gasteiger partial charge in [0.2, 0.25) is 0 Å². The minimum absolute atomic E-state index is 0.696. The highest BCUT2D eigenvalue weighted by Gasteiger charge is 2.18. The molecule has 0 radical (unpaired) electrons. The molecule has 1 aromatic carbocycles. The molecule has 0 atom stereocenters. The predicted octanol–water partition coefficient (Wildman–Crippen LogP) is 3.03. The van der Waals surface area contributed by atoms with Gasteiger partial charge in [0.25, 0.3) is 0 Å². The fraction of sp³-hybridized carbons (Fsp3) is 0.308. The summed E-state index contributed by atoms with van der Waals surface area (Å²) in [4.78, 5) is 0. The summed E-state index contributed by atoms with van der Waals surface area (Å²) in [5.74, 6) is 1.85. The van der Waals surface area contributed by atoms with Crippen molar-refractivity contribution in [1.82, 2.24) is 9.78 Å². The first-order valence-corrected chi connectivity index (χ1v) is 6.31. The number of aryl methyl sites for hydroxylation is 1. The zero-order valence-corrected chi connectivity index (χ0v) is 10.9. The third-order valence-electron chi connectivity index (χ3n) is 3.13. The molecule has 0 aliphatic carbocycles. The van der Waals surface area contributed by atoms with Gasteiger partial charge in [0.15, 0.2) is 0 Å². The van der Waals surface area contributed by atoms with Crippen molar-refractivity contribution in [2.45, 2.75) is 13.0 Å². The van der Waals surface area contributed by atoms with Crippen molar-refractivity contribution in [2.75, 3.05) is 19.0 Å². The van der Waals surface area contributed by atoms with Gasteiger partial charge in [0.05, 0.1) is 13.3 Å². The first-order valence-electron chi connectivity index (χ1n) is 5.93. The number of nitrogens with one attached hydrogen (secondary N) is 1. The number of anilines is 1. The lowest BCUT2D eigenvalue weighted by Gasteiger charge is -2.17. The molecule has 5 heteroatoms. The Morgan fingerprint density at radius 3 is 3.11 bits per heavy atom. The number of halogens is 1. The zero-order chi connectivity index (χ0) is 12.5. The maximum Gasteiger partial charge on any atom is 0.132 e. The van der Waals surface area contributed by atoms with Crippen molar-refractivity contribution in [3.05, 3.63) is 29.4 Å². The summed E-state index contributed by atoms with van der Waals surface area (Å²) in [6, 6.07) is 5.62. The van der Waals surface area contributed by atoms with Crippen LogP contribution in [-0.2, 0) is 6.54 Å². The van der Waals surface area contributed by atoms with Crippen LogP contribution in [0.15, 0.2) is 24.4 Å². The molecular weight excluding hydrogens is 250 g/mol. The Morgan fingerprint density at radius 2 is 2.28 bits per heavy atom. The van der Waals surface area contributed by atoms with Crippen LogP contribution in [0.1, 0.15) is 6.42 Å². The molecule has 1 aliphatic rings. The van der Waals surface area contributed by atoms with Crippen LogP contribution in [0.4, 0.5) is 5.82 Å². The standard InChI is InChI=1S/C13H14ClN3O/c1-18-12-4-3-9(14)7-10(12)11-8-16-17-6-2-5-15-13(11)17/h3-4,7-8,15H,2,5-6H2,1H3. The number of methoxy groups -OCH3 is 1. The van der Waals surface area contributed by atoms with E-state index in [0.29, 0.717) is 5.02 Å². The first kappa shape index (κ1) is 11.4. The zero-order valence-electron chi connectivity index (χ0n) is 10.1. The fourth-order valence-corrected chi connectivity index (χ4v) is 2.44. The highest BCUT2D eigenvalue weighted by molar-refractivity contribution is 6.31. The number of fused-ring (bicyclic) bond motifs is 1. The lowest BCUT2D eigenvalue weighted by Crippen LogP contribution is -2.17. The molecule has 94 valence electrons. The summed E-state index contributed by atoms with van der Waals surface area (Å²) in [5, 5.41) is 8.47. The number of ether oxygens (including phenoxy) is 1. The molecular formula is C13H14ClN3O. The van der Waals surface area contributed by atoms with Gasteiger partial charge in [0, 0.05) is 29.2 Å². The van der Waals surface area contributed by atoms with E-state index in [1.807, 2.05) is 29.1 Å². The number of rotatable bonds is 2. The minimum atomic E-state index is 0.696. The second-order valence-corrected chi connectivity index (χ2v) is 4.69. The number of hydrogen-bond donors (Lipinski definition) is 1. The first-order chi connectivity index (χ1) is 8.79. The van der Waals surface area contributed by atoms with Crippen LogP contribution < -0.4 is 10.1 Å². The molecule has 0 bridgehead atoms. The summed E-state index contributed by atoms with van der Waals surface area (Å²) in [6.07, 6.45) is 2.96. The van der Waals surface area contributed by atoms with Gasteiger partial charge in [-0.25, -0.2) is 4.68 Å². The van der Waals surface area contributed by atoms with Crippen LogP contribution in [0.5, 0.6) is 5.75 Å². The molecule has 0 saturated heterocycles. The second-order valence-electron chi connectivity index (χ2n) is 4.25. The van der Waals surface area contributed by atoms with Gasteiger partial charge in [-0.1, -0.05) is 11.6 Å². The normalized spacial score (nSPS) is 13.9. The van der Waals surface area contributed by atoms with E-state index >= 15 is 0 Å². The molecule has 0 fully saturated rings. The van der Waals surface area contributed by atoms with Crippen molar-refractivity contribution in [1.29, 1.82) is 0 Å². The summed E-state index contributed by atoms with van der Waals surface area (Å²) in [6.45, 7) is 1.92. The van der Waals surface area contributed by atoms with Crippen molar-refractivity contribution < 1.29 is 4.74 Å². The molecule has 18 heavy (non-hydrogen) atoms. The van der Waals surface area contributed by atoms with Crippen molar-refractivity contribution in [3.8, 4) is 16.9 Å². The van der Waals surface area contributed by atoms with Crippen molar-refractivity contribution in [3.63, 3.8) is 0 Å². The highest BCUT2D eigenvalue weighted by atomic mass is 35.5. The molecule has 1 aliphatic heterocycles. The smallest absolute Gasteiger partial charge is 0.132 e. The van der Waals surface area contributed by atoms with Crippen molar-refractivity contribution in [2.24, 2.45) is 0 Å². The fourth-order valence-electron chi connectivity index (χ4n) is 2.26. The Morgan fingerprint density at radius 1 is 1.39 bits per heavy atom. The largest absolute Gasteiger partial charge is 0.496 e. The van der Waals surface area contributed by atoms with Crippen LogP contribution in [0.25, 0.3) is 11.1 Å². The van der Waals surface area contributed by atoms with E-state index in [1.54, 1.807) is 7.11 Å². The number of nitrogens with zero attached hydrogens (tertiary/aromatic N) is 2. The Hall–Kier alpha value is -1.68. The van der Waals surface area contributed by atoms with Gasteiger partial charge >= 0.3 is 0 Å². The van der Waals surface area contributed by atoms with Crippen LogP contribution in [-0.4, -0.2) is 23.4 Å². The Kier molecular flexibility index (Phi) is 2.88. The molecule has 0 unspecified atom stereocenters. The lowest BCUT2D eigenvalue weighted by molar-refractivity contribution is 0.416. The second kappa shape index (κ2) is 4.53. The third kappa shape index (κ3) is 1.82. The molecule has 2 aromatic rings. The summed E-state index contributed by atoms with van der Waals surface area (Å²) < 4.78 is 7.38. The number of hydrogen-bond acceptors (Lipinski definition) is 3. The molecule has 1 N–H and O–H groups in total. The Balaban J connectivity index is 2.14. The maximum atomic E-state index is 6.07.